The Kier molecular flexibility index (Phi) is 3.65. The maximum Gasteiger partial charge on any atom is 0.235 e. The van der Waals surface area contributed by atoms with Crippen molar-refractivity contribution in [2.75, 3.05) is 14.2 Å². The summed E-state index contributed by atoms with van der Waals surface area (Å²) in [4.78, 5) is 10.00. The Morgan fingerprint density at radius 1 is 1.25 bits per heavy atom. The first kappa shape index (κ1) is 13.9. The summed E-state index contributed by atoms with van der Waals surface area (Å²) >= 11 is 0. The number of hydrogen-bond acceptors (Lipinski definition) is 5. The zero-order valence-electron chi connectivity index (χ0n) is 11.7. The maximum absolute atomic E-state index is 10.5. The number of fused-ring (bicyclic) bond motifs is 1. The molecule has 0 bridgehead atoms. The van der Waals surface area contributed by atoms with E-state index < -0.39 is 4.92 Å². The van der Waals surface area contributed by atoms with Crippen LogP contribution in [0, 0.1) is 24.0 Å². The summed E-state index contributed by atoms with van der Waals surface area (Å²) in [5, 5.41) is 11.3. The zero-order valence-corrected chi connectivity index (χ0v) is 11.7. The van der Waals surface area contributed by atoms with Crippen LogP contribution in [0.5, 0.6) is 11.5 Å². The van der Waals surface area contributed by atoms with E-state index in [0.29, 0.717) is 22.6 Å². The molecule has 0 N–H and O–H groups in total. The van der Waals surface area contributed by atoms with E-state index >= 15 is 0 Å². The number of nitro groups is 1. The molecule has 0 aliphatic rings. The summed E-state index contributed by atoms with van der Waals surface area (Å²) in [6, 6.07) is 1.70. The van der Waals surface area contributed by atoms with Crippen molar-refractivity contribution < 1.29 is 18.8 Å². The predicted octanol–water partition coefficient (Wildman–Crippen LogP) is 3.31. The van der Waals surface area contributed by atoms with Gasteiger partial charge < -0.3 is 13.9 Å². The van der Waals surface area contributed by atoms with Gasteiger partial charge in [-0.1, -0.05) is 0 Å². The summed E-state index contributed by atoms with van der Waals surface area (Å²) in [5.41, 5.74) is 1.99. The third-order valence-corrected chi connectivity index (χ3v) is 3.21. The Labute approximate surface area is 115 Å². The molecule has 0 fully saturated rings. The second-order valence-electron chi connectivity index (χ2n) is 4.28. The van der Waals surface area contributed by atoms with E-state index in [1.165, 1.54) is 13.2 Å². The minimum atomic E-state index is -0.530. The topological polar surface area (TPSA) is 74.7 Å². The average Bonchev–Trinajstić information content (AvgIpc) is 2.71. The molecule has 1 heterocycles. The van der Waals surface area contributed by atoms with Crippen LogP contribution >= 0.6 is 0 Å². The van der Waals surface area contributed by atoms with Gasteiger partial charge in [0, 0.05) is 17.7 Å². The second-order valence-corrected chi connectivity index (χ2v) is 4.28. The van der Waals surface area contributed by atoms with Crippen molar-refractivity contribution in [3.8, 4) is 11.5 Å². The Hall–Kier alpha value is -2.50. The van der Waals surface area contributed by atoms with Gasteiger partial charge >= 0.3 is 0 Å². The van der Waals surface area contributed by atoms with Crippen molar-refractivity contribution >= 4 is 17.0 Å². The molecule has 1 aromatic carbocycles. The SMILES string of the molecule is COc1cc(OC)c2c(C)c(C)oc2c1/C=C/[N+](=O)[O-]. The number of benzene rings is 1. The lowest BCUT2D eigenvalue weighted by Gasteiger charge is -2.09. The first-order chi connectivity index (χ1) is 9.49. The Bertz CT molecular complexity index is 699. The van der Waals surface area contributed by atoms with E-state index in [-0.39, 0.29) is 0 Å². The van der Waals surface area contributed by atoms with Gasteiger partial charge in [0.05, 0.1) is 30.1 Å². The smallest absolute Gasteiger partial charge is 0.235 e. The fourth-order valence-electron chi connectivity index (χ4n) is 2.12. The Balaban J connectivity index is 2.84. The fourth-order valence-corrected chi connectivity index (χ4v) is 2.12. The summed E-state index contributed by atoms with van der Waals surface area (Å²) < 4.78 is 16.3. The van der Waals surface area contributed by atoms with Crippen LogP contribution in [0.25, 0.3) is 17.0 Å². The van der Waals surface area contributed by atoms with Crippen molar-refractivity contribution in [3.63, 3.8) is 0 Å². The highest BCUT2D eigenvalue weighted by Crippen LogP contribution is 2.40. The highest BCUT2D eigenvalue weighted by atomic mass is 16.6. The molecular formula is C14H15NO5. The first-order valence-electron chi connectivity index (χ1n) is 5.96. The summed E-state index contributed by atoms with van der Waals surface area (Å²) in [6.45, 7) is 3.75. The van der Waals surface area contributed by atoms with E-state index in [9.17, 15) is 10.1 Å². The lowest BCUT2D eigenvalue weighted by atomic mass is 10.1. The second kappa shape index (κ2) is 5.24. The monoisotopic (exact) mass is 277 g/mol. The molecule has 0 spiro atoms. The van der Waals surface area contributed by atoms with Gasteiger partial charge in [-0.3, -0.25) is 10.1 Å². The van der Waals surface area contributed by atoms with Gasteiger partial charge in [0.25, 0.3) is 0 Å². The molecule has 0 aliphatic heterocycles. The van der Waals surface area contributed by atoms with Crippen LogP contribution in [0.3, 0.4) is 0 Å². The lowest BCUT2D eigenvalue weighted by molar-refractivity contribution is -0.400. The van der Waals surface area contributed by atoms with Gasteiger partial charge in [-0.05, 0) is 13.8 Å². The first-order valence-corrected chi connectivity index (χ1v) is 5.96. The zero-order chi connectivity index (χ0) is 14.9. The van der Waals surface area contributed by atoms with Gasteiger partial charge in [-0.2, -0.15) is 0 Å². The van der Waals surface area contributed by atoms with Crippen LogP contribution in [0.15, 0.2) is 16.7 Å². The molecule has 2 aromatic rings. The van der Waals surface area contributed by atoms with Crippen molar-refractivity contribution in [1.29, 1.82) is 0 Å². The Morgan fingerprint density at radius 2 is 1.90 bits per heavy atom. The molecule has 6 heteroatoms. The van der Waals surface area contributed by atoms with Gasteiger partial charge in [-0.25, -0.2) is 0 Å². The van der Waals surface area contributed by atoms with Gasteiger partial charge in [-0.15, -0.1) is 0 Å². The normalized spacial score (nSPS) is 11.2. The molecule has 0 saturated heterocycles. The van der Waals surface area contributed by atoms with E-state index in [1.54, 1.807) is 13.2 Å². The van der Waals surface area contributed by atoms with Crippen LogP contribution in [0.1, 0.15) is 16.9 Å². The van der Waals surface area contributed by atoms with Crippen LogP contribution in [0.4, 0.5) is 0 Å². The average molecular weight is 277 g/mol. The summed E-state index contributed by atoms with van der Waals surface area (Å²) in [7, 11) is 3.05. The van der Waals surface area contributed by atoms with E-state index in [1.807, 2.05) is 13.8 Å². The van der Waals surface area contributed by atoms with Crippen molar-refractivity contribution in [3.05, 3.63) is 39.3 Å². The molecule has 0 saturated carbocycles. The standard InChI is InChI=1S/C14H15NO5/c1-8-9(2)20-14-10(5-6-15(16)17)11(18-3)7-12(19-4)13(8)14/h5-7H,1-4H3/b6-5+. The quantitative estimate of drug-likeness (QED) is 0.633. The largest absolute Gasteiger partial charge is 0.496 e. The predicted molar refractivity (Wildman–Crippen MR) is 74.8 cm³/mol. The Morgan fingerprint density at radius 3 is 2.45 bits per heavy atom. The van der Waals surface area contributed by atoms with E-state index in [0.717, 1.165) is 22.9 Å². The molecule has 2 rings (SSSR count). The van der Waals surface area contributed by atoms with E-state index in [2.05, 4.69) is 0 Å². The minimum Gasteiger partial charge on any atom is -0.496 e. The van der Waals surface area contributed by atoms with Crippen molar-refractivity contribution in [1.82, 2.24) is 0 Å². The van der Waals surface area contributed by atoms with Gasteiger partial charge in [0.2, 0.25) is 6.20 Å². The summed E-state index contributed by atoms with van der Waals surface area (Å²) in [5.74, 6) is 1.81. The number of hydrogen-bond donors (Lipinski definition) is 0. The number of aryl methyl sites for hydroxylation is 2. The molecule has 0 aliphatic carbocycles. The van der Waals surface area contributed by atoms with Crippen LogP contribution in [-0.4, -0.2) is 19.1 Å². The highest BCUT2D eigenvalue weighted by Gasteiger charge is 2.19. The number of methoxy groups -OCH3 is 2. The van der Waals surface area contributed by atoms with Gasteiger partial charge in [0.1, 0.15) is 22.8 Å². The molecule has 106 valence electrons. The molecule has 1 aromatic heterocycles. The maximum atomic E-state index is 10.5. The minimum absolute atomic E-state index is 0.459. The van der Waals surface area contributed by atoms with Crippen molar-refractivity contribution in [2.24, 2.45) is 0 Å². The molecule has 0 amide bonds. The number of ether oxygens (including phenoxy) is 2. The molecule has 0 radical (unpaired) electrons. The third kappa shape index (κ3) is 2.20. The van der Waals surface area contributed by atoms with Crippen molar-refractivity contribution in [2.45, 2.75) is 13.8 Å². The van der Waals surface area contributed by atoms with Gasteiger partial charge in [0.15, 0.2) is 0 Å². The number of nitrogens with zero attached hydrogens (tertiary/aromatic N) is 1. The third-order valence-electron chi connectivity index (χ3n) is 3.21. The van der Waals surface area contributed by atoms with Crippen LogP contribution in [0.2, 0.25) is 0 Å². The molecule has 0 atom stereocenters. The molecule has 6 nitrogen and oxygen atoms in total. The molecule has 0 unspecified atom stereocenters. The number of rotatable bonds is 4. The fraction of sp³-hybridized carbons (Fsp3) is 0.286. The highest BCUT2D eigenvalue weighted by molar-refractivity contribution is 5.96. The molecule has 20 heavy (non-hydrogen) atoms. The number of furan rings is 1. The van der Waals surface area contributed by atoms with Crippen LogP contribution in [-0.2, 0) is 0 Å². The summed E-state index contributed by atoms with van der Waals surface area (Å²) in [6.07, 6.45) is 2.22. The molecular weight excluding hydrogens is 262 g/mol. The van der Waals surface area contributed by atoms with E-state index in [4.69, 9.17) is 13.9 Å². The lowest BCUT2D eigenvalue weighted by Crippen LogP contribution is -1.93. The van der Waals surface area contributed by atoms with Crippen LogP contribution < -0.4 is 9.47 Å².